The Morgan fingerprint density at radius 2 is 1.68 bits per heavy atom. The molecule has 3 aromatic rings. The number of hydrogen-bond donors (Lipinski definition) is 1. The Hall–Kier alpha value is -3.12. The van der Waals surface area contributed by atoms with Crippen molar-refractivity contribution in [1.82, 2.24) is 10.2 Å². The molecule has 1 atom stereocenters. The lowest BCUT2D eigenvalue weighted by molar-refractivity contribution is -0.142. The van der Waals surface area contributed by atoms with Gasteiger partial charge >= 0.3 is 0 Å². The van der Waals surface area contributed by atoms with Gasteiger partial charge in [-0.15, -0.1) is 0 Å². The monoisotopic (exact) mass is 564 g/mol. The maximum atomic E-state index is 13.7. The van der Waals surface area contributed by atoms with Crippen LogP contribution in [0.1, 0.15) is 49.9 Å². The number of hydrogen-bond acceptors (Lipinski definition) is 3. The van der Waals surface area contributed by atoms with Gasteiger partial charge in [-0.2, -0.15) is 0 Å². The number of amides is 2. The fraction of sp³-hybridized carbons (Fsp3) is 0.355. The van der Waals surface area contributed by atoms with E-state index < -0.39 is 6.04 Å². The molecule has 5 nitrogen and oxygen atoms in total. The molecule has 0 saturated carbocycles. The Morgan fingerprint density at radius 1 is 1.00 bits per heavy atom. The van der Waals surface area contributed by atoms with Gasteiger partial charge in [0.15, 0.2) is 6.61 Å². The number of benzene rings is 3. The summed E-state index contributed by atoms with van der Waals surface area (Å²) in [4.78, 5) is 28.6. The SMILES string of the molecule is CCNC(=O)[C@@H](Cc1ccccc1)N(Cc1ccccc1C)C(=O)COc1ccc(C(C)(C)C)cc1Br. The van der Waals surface area contributed by atoms with Crippen LogP contribution >= 0.6 is 15.9 Å². The molecule has 0 spiro atoms. The molecule has 0 radical (unpaired) electrons. The van der Waals surface area contributed by atoms with Crippen LogP contribution in [0, 0.1) is 6.92 Å². The molecule has 0 bridgehead atoms. The molecule has 3 aromatic carbocycles. The van der Waals surface area contributed by atoms with E-state index in [4.69, 9.17) is 4.74 Å². The van der Waals surface area contributed by atoms with Gasteiger partial charge in [0, 0.05) is 19.5 Å². The highest BCUT2D eigenvalue weighted by molar-refractivity contribution is 9.10. The summed E-state index contributed by atoms with van der Waals surface area (Å²) < 4.78 is 6.78. The summed E-state index contributed by atoms with van der Waals surface area (Å²) in [6, 6.07) is 23.0. The molecule has 3 rings (SSSR count). The lowest BCUT2D eigenvalue weighted by Crippen LogP contribution is -2.51. The summed E-state index contributed by atoms with van der Waals surface area (Å²) in [5.74, 6) is 0.168. The van der Waals surface area contributed by atoms with E-state index in [9.17, 15) is 9.59 Å². The second kappa shape index (κ2) is 12.9. The van der Waals surface area contributed by atoms with Crippen molar-refractivity contribution in [3.8, 4) is 5.75 Å². The molecular formula is C31H37BrN2O3. The van der Waals surface area contributed by atoms with Crippen molar-refractivity contribution in [1.29, 1.82) is 0 Å². The third-order valence-electron chi connectivity index (χ3n) is 6.37. The Morgan fingerprint density at radius 3 is 2.30 bits per heavy atom. The topological polar surface area (TPSA) is 58.6 Å². The average Bonchev–Trinajstić information content (AvgIpc) is 2.86. The first-order valence-corrected chi connectivity index (χ1v) is 13.5. The largest absolute Gasteiger partial charge is 0.483 e. The summed E-state index contributed by atoms with van der Waals surface area (Å²) in [7, 11) is 0. The molecule has 37 heavy (non-hydrogen) atoms. The number of nitrogens with one attached hydrogen (secondary N) is 1. The van der Waals surface area contributed by atoms with Crippen molar-refractivity contribution in [2.24, 2.45) is 0 Å². The van der Waals surface area contributed by atoms with E-state index in [1.807, 2.05) is 86.6 Å². The number of carbonyl (C=O) groups excluding carboxylic acids is 2. The number of carbonyl (C=O) groups is 2. The third-order valence-corrected chi connectivity index (χ3v) is 6.99. The number of nitrogens with zero attached hydrogens (tertiary/aromatic N) is 1. The van der Waals surface area contributed by atoms with E-state index in [2.05, 4.69) is 42.0 Å². The lowest BCUT2D eigenvalue weighted by Gasteiger charge is -2.32. The van der Waals surface area contributed by atoms with Gasteiger partial charge in [-0.1, -0.05) is 81.4 Å². The normalized spacial score (nSPS) is 12.1. The van der Waals surface area contributed by atoms with Crippen molar-refractivity contribution in [3.05, 3.63) is 99.5 Å². The van der Waals surface area contributed by atoms with Gasteiger partial charge in [0.25, 0.3) is 5.91 Å². The van der Waals surface area contributed by atoms with Gasteiger partial charge in [0.2, 0.25) is 5.91 Å². The van der Waals surface area contributed by atoms with Crippen LogP contribution in [-0.2, 0) is 28.0 Å². The highest BCUT2D eigenvalue weighted by Gasteiger charge is 2.31. The highest BCUT2D eigenvalue weighted by atomic mass is 79.9. The smallest absolute Gasteiger partial charge is 0.261 e. The van der Waals surface area contributed by atoms with Crippen LogP contribution in [0.25, 0.3) is 0 Å². The van der Waals surface area contributed by atoms with Crippen molar-refractivity contribution >= 4 is 27.7 Å². The minimum atomic E-state index is -0.676. The molecule has 0 unspecified atom stereocenters. The molecule has 0 aromatic heterocycles. The molecule has 0 aliphatic rings. The molecular weight excluding hydrogens is 528 g/mol. The third kappa shape index (κ3) is 7.93. The van der Waals surface area contributed by atoms with Crippen LogP contribution in [-0.4, -0.2) is 35.9 Å². The predicted octanol–water partition coefficient (Wildman–Crippen LogP) is 6.21. The number of aryl methyl sites for hydroxylation is 1. The zero-order valence-corrected chi connectivity index (χ0v) is 24.0. The average molecular weight is 566 g/mol. The minimum absolute atomic E-state index is 0.00148. The van der Waals surface area contributed by atoms with Gasteiger partial charge in [0.1, 0.15) is 11.8 Å². The molecule has 0 aliphatic heterocycles. The molecule has 1 N–H and O–H groups in total. The molecule has 0 fully saturated rings. The van der Waals surface area contributed by atoms with Crippen molar-refractivity contribution < 1.29 is 14.3 Å². The summed E-state index contributed by atoms with van der Waals surface area (Å²) in [5, 5.41) is 2.92. The zero-order valence-electron chi connectivity index (χ0n) is 22.4. The summed E-state index contributed by atoms with van der Waals surface area (Å²) in [6.45, 7) is 11.0. The van der Waals surface area contributed by atoms with Crippen LogP contribution in [0.5, 0.6) is 5.75 Å². The standard InChI is InChI=1S/C31H37BrN2O3/c1-6-33-30(36)27(18-23-13-8-7-9-14-23)34(20-24-15-11-10-12-22(24)2)29(35)21-37-28-17-16-25(19-26(28)32)31(3,4)5/h7-17,19,27H,6,18,20-21H2,1-5H3,(H,33,36)/t27-/m1/s1. The van der Waals surface area contributed by atoms with Gasteiger partial charge < -0.3 is 15.0 Å². The van der Waals surface area contributed by atoms with Crippen LogP contribution < -0.4 is 10.1 Å². The Bertz CT molecular complexity index is 1200. The van der Waals surface area contributed by atoms with Crippen molar-refractivity contribution in [2.45, 2.75) is 59.0 Å². The Balaban J connectivity index is 1.90. The first kappa shape index (κ1) is 28.5. The maximum absolute atomic E-state index is 13.7. The summed E-state index contributed by atoms with van der Waals surface area (Å²) in [5.41, 5.74) is 4.21. The van der Waals surface area contributed by atoms with E-state index >= 15 is 0 Å². The Kier molecular flexibility index (Phi) is 9.93. The maximum Gasteiger partial charge on any atom is 0.261 e. The molecule has 0 aliphatic carbocycles. The Labute approximate surface area is 229 Å². The molecule has 2 amide bonds. The number of ether oxygens (including phenoxy) is 1. The van der Waals surface area contributed by atoms with Crippen molar-refractivity contribution in [2.75, 3.05) is 13.2 Å². The predicted molar refractivity (Wildman–Crippen MR) is 153 cm³/mol. The zero-order chi connectivity index (χ0) is 27.0. The van der Waals surface area contributed by atoms with E-state index in [1.54, 1.807) is 4.90 Å². The number of halogens is 1. The summed E-state index contributed by atoms with van der Waals surface area (Å²) in [6.07, 6.45) is 0.411. The van der Waals surface area contributed by atoms with Gasteiger partial charge in [-0.05, 0) is 69.6 Å². The minimum Gasteiger partial charge on any atom is -0.483 e. The molecule has 0 saturated heterocycles. The van der Waals surface area contributed by atoms with Crippen molar-refractivity contribution in [3.63, 3.8) is 0 Å². The fourth-order valence-electron chi connectivity index (χ4n) is 4.12. The first-order valence-electron chi connectivity index (χ1n) is 12.7. The fourth-order valence-corrected chi connectivity index (χ4v) is 4.62. The van der Waals surface area contributed by atoms with E-state index in [1.165, 1.54) is 5.56 Å². The van der Waals surface area contributed by atoms with Gasteiger partial charge in [-0.25, -0.2) is 0 Å². The van der Waals surface area contributed by atoms with Crippen LogP contribution in [0.3, 0.4) is 0 Å². The second-order valence-electron chi connectivity index (χ2n) is 10.2. The quantitative estimate of drug-likeness (QED) is 0.318. The molecule has 0 heterocycles. The van der Waals surface area contributed by atoms with E-state index in [-0.39, 0.29) is 23.8 Å². The van der Waals surface area contributed by atoms with E-state index in [0.717, 1.165) is 21.2 Å². The number of rotatable bonds is 10. The van der Waals surface area contributed by atoms with E-state index in [0.29, 0.717) is 25.3 Å². The second-order valence-corrected chi connectivity index (χ2v) is 11.1. The molecule has 196 valence electrons. The van der Waals surface area contributed by atoms with Gasteiger partial charge in [-0.3, -0.25) is 9.59 Å². The number of likely N-dealkylation sites (N-methyl/N-ethyl adjacent to an activating group) is 1. The molecule has 6 heteroatoms. The first-order chi connectivity index (χ1) is 17.6. The van der Waals surface area contributed by atoms with Crippen LogP contribution in [0.15, 0.2) is 77.3 Å². The lowest BCUT2D eigenvalue weighted by atomic mass is 9.87. The van der Waals surface area contributed by atoms with Gasteiger partial charge in [0.05, 0.1) is 4.47 Å². The van der Waals surface area contributed by atoms with Crippen LogP contribution in [0.2, 0.25) is 0 Å². The summed E-state index contributed by atoms with van der Waals surface area (Å²) >= 11 is 3.59. The highest BCUT2D eigenvalue weighted by Crippen LogP contribution is 2.31. The van der Waals surface area contributed by atoms with Crippen LogP contribution in [0.4, 0.5) is 0 Å².